The molecular weight excluding hydrogens is 334 g/mol. The van der Waals surface area contributed by atoms with Crippen LogP contribution in [0.4, 0.5) is 6.01 Å². The SMILES string of the molecule is COc1ccc(C(=O)N2CCCN(c3nc4ncccc4o3)CC2)cn1. The molecule has 8 heteroatoms. The van der Waals surface area contributed by atoms with Gasteiger partial charge >= 0.3 is 0 Å². The molecule has 0 radical (unpaired) electrons. The molecule has 0 aliphatic carbocycles. The van der Waals surface area contributed by atoms with E-state index >= 15 is 0 Å². The molecule has 1 aliphatic rings. The number of anilines is 1. The molecule has 4 heterocycles. The first-order chi connectivity index (χ1) is 12.7. The molecule has 0 N–H and O–H groups in total. The van der Waals surface area contributed by atoms with E-state index in [1.54, 1.807) is 31.6 Å². The van der Waals surface area contributed by atoms with Crippen molar-refractivity contribution in [3.8, 4) is 5.88 Å². The second kappa shape index (κ2) is 6.99. The molecule has 0 unspecified atom stereocenters. The van der Waals surface area contributed by atoms with Crippen LogP contribution in [-0.4, -0.2) is 59.0 Å². The maximum Gasteiger partial charge on any atom is 0.300 e. The molecular formula is C18H19N5O3. The second-order valence-electron chi connectivity index (χ2n) is 6.04. The van der Waals surface area contributed by atoms with Gasteiger partial charge in [-0.3, -0.25) is 4.79 Å². The Kier molecular flexibility index (Phi) is 4.39. The molecule has 1 fully saturated rings. The largest absolute Gasteiger partial charge is 0.481 e. The summed E-state index contributed by atoms with van der Waals surface area (Å²) in [4.78, 5) is 29.4. The van der Waals surface area contributed by atoms with Gasteiger partial charge in [-0.2, -0.15) is 4.98 Å². The monoisotopic (exact) mass is 353 g/mol. The van der Waals surface area contributed by atoms with Crippen molar-refractivity contribution in [3.05, 3.63) is 42.2 Å². The van der Waals surface area contributed by atoms with Crippen LogP contribution in [-0.2, 0) is 0 Å². The van der Waals surface area contributed by atoms with Gasteiger partial charge in [0, 0.05) is 44.6 Å². The number of oxazole rings is 1. The maximum atomic E-state index is 12.7. The van der Waals surface area contributed by atoms with Gasteiger partial charge in [0.15, 0.2) is 5.58 Å². The number of methoxy groups -OCH3 is 1. The van der Waals surface area contributed by atoms with Gasteiger partial charge < -0.3 is 19.0 Å². The first-order valence-corrected chi connectivity index (χ1v) is 8.50. The Morgan fingerprint density at radius 2 is 2.08 bits per heavy atom. The highest BCUT2D eigenvalue weighted by molar-refractivity contribution is 5.94. The second-order valence-corrected chi connectivity index (χ2v) is 6.04. The van der Waals surface area contributed by atoms with Crippen molar-refractivity contribution >= 4 is 23.2 Å². The molecule has 8 nitrogen and oxygen atoms in total. The van der Waals surface area contributed by atoms with Crippen LogP contribution in [0.5, 0.6) is 5.88 Å². The molecule has 1 amide bonds. The highest BCUT2D eigenvalue weighted by atomic mass is 16.5. The molecule has 0 spiro atoms. The standard InChI is InChI=1S/C18H19N5O3/c1-25-15-6-5-13(12-20-15)17(24)22-8-3-9-23(11-10-22)18-21-16-14(26-18)4-2-7-19-16/h2,4-7,12H,3,8-11H2,1H3. The van der Waals surface area contributed by atoms with Crippen molar-refractivity contribution in [2.75, 3.05) is 38.2 Å². The first-order valence-electron chi connectivity index (χ1n) is 8.50. The lowest BCUT2D eigenvalue weighted by Gasteiger charge is -2.21. The van der Waals surface area contributed by atoms with Crippen LogP contribution in [0.15, 0.2) is 41.1 Å². The van der Waals surface area contributed by atoms with Crippen LogP contribution in [0.3, 0.4) is 0 Å². The Morgan fingerprint density at radius 3 is 2.85 bits per heavy atom. The molecule has 3 aromatic rings. The van der Waals surface area contributed by atoms with E-state index in [2.05, 4.69) is 19.9 Å². The highest BCUT2D eigenvalue weighted by Gasteiger charge is 2.23. The van der Waals surface area contributed by atoms with E-state index in [0.717, 1.165) is 13.0 Å². The molecule has 4 rings (SSSR count). The first kappa shape index (κ1) is 16.3. The van der Waals surface area contributed by atoms with Crippen molar-refractivity contribution < 1.29 is 13.9 Å². The normalized spacial score (nSPS) is 15.1. The third kappa shape index (κ3) is 3.17. The summed E-state index contributed by atoms with van der Waals surface area (Å²) >= 11 is 0. The average Bonchev–Trinajstić information content (AvgIpc) is 2.97. The molecule has 134 valence electrons. The summed E-state index contributed by atoms with van der Waals surface area (Å²) in [6.07, 6.45) is 4.08. The van der Waals surface area contributed by atoms with E-state index in [9.17, 15) is 4.79 Å². The van der Waals surface area contributed by atoms with E-state index in [-0.39, 0.29) is 5.91 Å². The minimum atomic E-state index is -0.0266. The van der Waals surface area contributed by atoms with Crippen molar-refractivity contribution in [1.82, 2.24) is 19.9 Å². The van der Waals surface area contributed by atoms with Gasteiger partial charge in [-0.15, -0.1) is 0 Å². The number of ether oxygens (including phenoxy) is 1. The van der Waals surface area contributed by atoms with E-state index < -0.39 is 0 Å². The lowest BCUT2D eigenvalue weighted by Crippen LogP contribution is -2.35. The van der Waals surface area contributed by atoms with E-state index in [1.165, 1.54) is 0 Å². The predicted octanol–water partition coefficient (Wildman–Crippen LogP) is 1.98. The Labute approximate surface area is 150 Å². The molecule has 3 aromatic heterocycles. The van der Waals surface area contributed by atoms with Crippen molar-refractivity contribution in [2.45, 2.75) is 6.42 Å². The van der Waals surface area contributed by atoms with Crippen LogP contribution in [0, 0.1) is 0 Å². The third-order valence-corrected chi connectivity index (χ3v) is 4.40. The molecule has 0 aromatic carbocycles. The van der Waals surface area contributed by atoms with E-state index in [4.69, 9.17) is 9.15 Å². The molecule has 0 saturated carbocycles. The Morgan fingerprint density at radius 1 is 1.15 bits per heavy atom. The minimum Gasteiger partial charge on any atom is -0.481 e. The number of rotatable bonds is 3. The minimum absolute atomic E-state index is 0.0266. The van der Waals surface area contributed by atoms with Gasteiger partial charge in [0.1, 0.15) is 0 Å². The summed E-state index contributed by atoms with van der Waals surface area (Å²) in [6.45, 7) is 2.70. The number of pyridine rings is 2. The summed E-state index contributed by atoms with van der Waals surface area (Å²) < 4.78 is 10.8. The Hall–Kier alpha value is -3.16. The number of hydrogen-bond acceptors (Lipinski definition) is 7. The van der Waals surface area contributed by atoms with Crippen LogP contribution in [0.2, 0.25) is 0 Å². The van der Waals surface area contributed by atoms with E-state index in [1.807, 2.05) is 17.0 Å². The predicted molar refractivity (Wildman–Crippen MR) is 95.3 cm³/mol. The van der Waals surface area contributed by atoms with Gasteiger partial charge in [0.05, 0.1) is 12.7 Å². The quantitative estimate of drug-likeness (QED) is 0.712. The fourth-order valence-corrected chi connectivity index (χ4v) is 3.01. The number of carbonyl (C=O) groups is 1. The number of fused-ring (bicyclic) bond motifs is 1. The van der Waals surface area contributed by atoms with Crippen LogP contribution in [0.1, 0.15) is 16.8 Å². The van der Waals surface area contributed by atoms with E-state index in [0.29, 0.717) is 48.3 Å². The Bertz CT molecular complexity index is 876. The fraction of sp³-hybridized carbons (Fsp3) is 0.333. The van der Waals surface area contributed by atoms with Crippen molar-refractivity contribution in [3.63, 3.8) is 0 Å². The molecule has 1 saturated heterocycles. The summed E-state index contributed by atoms with van der Waals surface area (Å²) in [7, 11) is 1.55. The van der Waals surface area contributed by atoms with Crippen LogP contribution < -0.4 is 9.64 Å². The summed E-state index contributed by atoms with van der Waals surface area (Å²) in [5.74, 6) is 0.467. The van der Waals surface area contributed by atoms with Crippen LogP contribution in [0.25, 0.3) is 11.2 Å². The van der Waals surface area contributed by atoms with Gasteiger partial charge in [-0.25, -0.2) is 9.97 Å². The molecule has 0 atom stereocenters. The molecule has 1 aliphatic heterocycles. The lowest BCUT2D eigenvalue weighted by atomic mass is 10.2. The number of carbonyl (C=O) groups excluding carboxylic acids is 1. The lowest BCUT2D eigenvalue weighted by molar-refractivity contribution is 0.0766. The highest BCUT2D eigenvalue weighted by Crippen LogP contribution is 2.21. The zero-order valence-corrected chi connectivity index (χ0v) is 14.5. The average molecular weight is 353 g/mol. The summed E-state index contributed by atoms with van der Waals surface area (Å²) in [5.41, 5.74) is 1.83. The molecule has 26 heavy (non-hydrogen) atoms. The van der Waals surface area contributed by atoms with Gasteiger partial charge in [-0.1, -0.05) is 0 Å². The number of aromatic nitrogens is 3. The summed E-state index contributed by atoms with van der Waals surface area (Å²) in [5, 5.41) is 0. The van der Waals surface area contributed by atoms with Crippen LogP contribution >= 0.6 is 0 Å². The topological polar surface area (TPSA) is 84.6 Å². The number of nitrogens with zero attached hydrogens (tertiary/aromatic N) is 5. The third-order valence-electron chi connectivity index (χ3n) is 4.40. The molecule has 0 bridgehead atoms. The fourth-order valence-electron chi connectivity index (χ4n) is 3.01. The smallest absolute Gasteiger partial charge is 0.300 e. The number of amides is 1. The zero-order chi connectivity index (χ0) is 17.9. The zero-order valence-electron chi connectivity index (χ0n) is 14.5. The van der Waals surface area contributed by atoms with Gasteiger partial charge in [-0.05, 0) is 24.6 Å². The Balaban J connectivity index is 1.46. The van der Waals surface area contributed by atoms with Gasteiger partial charge in [0.2, 0.25) is 11.5 Å². The van der Waals surface area contributed by atoms with Crippen molar-refractivity contribution in [2.24, 2.45) is 0 Å². The number of hydrogen-bond donors (Lipinski definition) is 0. The van der Waals surface area contributed by atoms with Gasteiger partial charge in [0.25, 0.3) is 11.9 Å². The van der Waals surface area contributed by atoms with Crippen molar-refractivity contribution in [1.29, 1.82) is 0 Å². The summed E-state index contributed by atoms with van der Waals surface area (Å²) in [6, 6.07) is 7.66. The maximum absolute atomic E-state index is 12.7.